The van der Waals surface area contributed by atoms with Crippen LogP contribution in [0.4, 0.5) is 4.79 Å². The molecular weight excluding hydrogens is 306 g/mol. The number of rotatable bonds is 7. The highest BCUT2D eigenvalue weighted by Gasteiger charge is 2.15. The number of methoxy groups -OCH3 is 1. The van der Waals surface area contributed by atoms with E-state index >= 15 is 0 Å². The van der Waals surface area contributed by atoms with Crippen LogP contribution in [0.3, 0.4) is 0 Å². The van der Waals surface area contributed by atoms with Gasteiger partial charge in [-0.3, -0.25) is 4.79 Å². The molecule has 0 bridgehead atoms. The Balaban J connectivity index is 1.59. The van der Waals surface area contributed by atoms with E-state index in [1.807, 2.05) is 24.3 Å². The van der Waals surface area contributed by atoms with Crippen molar-refractivity contribution in [3.63, 3.8) is 0 Å². The highest BCUT2D eigenvalue weighted by atomic mass is 16.5. The van der Waals surface area contributed by atoms with E-state index in [1.165, 1.54) is 19.3 Å². The number of carbonyl (C=O) groups is 2. The van der Waals surface area contributed by atoms with Crippen molar-refractivity contribution < 1.29 is 14.3 Å². The molecule has 1 fully saturated rings. The third-order valence-electron chi connectivity index (χ3n) is 4.20. The summed E-state index contributed by atoms with van der Waals surface area (Å²) in [6.45, 7) is 0.785. The lowest BCUT2D eigenvalue weighted by Gasteiger charge is -2.22. The second kappa shape index (κ2) is 9.80. The van der Waals surface area contributed by atoms with E-state index in [1.54, 1.807) is 7.11 Å². The van der Waals surface area contributed by atoms with E-state index in [0.717, 1.165) is 24.2 Å². The molecule has 0 radical (unpaired) electrons. The molecule has 2 rings (SSSR count). The molecule has 0 saturated heterocycles. The standard InChI is InChI=1S/C18H27N3O3/c1-24-16-9-5-6-14(12-16)13-20-17(22)10-11-19-18(23)21-15-7-3-2-4-8-15/h5-6,9,12,15H,2-4,7-8,10-11,13H2,1H3,(H,20,22)(H2,19,21,23). The predicted octanol–water partition coefficient (Wildman–Crippen LogP) is 2.33. The quantitative estimate of drug-likeness (QED) is 0.716. The topological polar surface area (TPSA) is 79.5 Å². The van der Waals surface area contributed by atoms with E-state index < -0.39 is 0 Å². The molecule has 132 valence electrons. The molecule has 0 heterocycles. The first kappa shape index (κ1) is 18.1. The Morgan fingerprint density at radius 3 is 2.71 bits per heavy atom. The van der Waals surface area contributed by atoms with Crippen LogP contribution >= 0.6 is 0 Å². The lowest BCUT2D eigenvalue weighted by molar-refractivity contribution is -0.121. The van der Waals surface area contributed by atoms with Crippen molar-refractivity contribution in [1.82, 2.24) is 16.0 Å². The minimum absolute atomic E-state index is 0.0872. The Morgan fingerprint density at radius 1 is 1.17 bits per heavy atom. The fourth-order valence-electron chi connectivity index (χ4n) is 2.84. The molecule has 24 heavy (non-hydrogen) atoms. The summed E-state index contributed by atoms with van der Waals surface area (Å²) >= 11 is 0. The predicted molar refractivity (Wildman–Crippen MR) is 92.9 cm³/mol. The van der Waals surface area contributed by atoms with Crippen LogP contribution in [0.1, 0.15) is 44.1 Å². The van der Waals surface area contributed by atoms with Gasteiger partial charge in [0, 0.05) is 25.6 Å². The number of ether oxygens (including phenoxy) is 1. The van der Waals surface area contributed by atoms with Crippen LogP contribution in [0.2, 0.25) is 0 Å². The van der Waals surface area contributed by atoms with Crippen LogP contribution in [0.5, 0.6) is 5.75 Å². The Labute approximate surface area is 143 Å². The summed E-state index contributed by atoms with van der Waals surface area (Å²) in [5.74, 6) is 0.679. The minimum Gasteiger partial charge on any atom is -0.497 e. The monoisotopic (exact) mass is 333 g/mol. The van der Waals surface area contributed by atoms with E-state index in [-0.39, 0.29) is 24.4 Å². The number of nitrogens with one attached hydrogen (secondary N) is 3. The van der Waals surface area contributed by atoms with Gasteiger partial charge in [0.15, 0.2) is 0 Å². The molecule has 3 amide bonds. The molecule has 0 atom stereocenters. The first-order valence-corrected chi connectivity index (χ1v) is 8.61. The number of hydrogen-bond acceptors (Lipinski definition) is 3. The lowest BCUT2D eigenvalue weighted by Crippen LogP contribution is -2.43. The third-order valence-corrected chi connectivity index (χ3v) is 4.20. The molecule has 0 aliphatic heterocycles. The molecular formula is C18H27N3O3. The van der Waals surface area contributed by atoms with Gasteiger partial charge in [-0.05, 0) is 30.5 Å². The van der Waals surface area contributed by atoms with Gasteiger partial charge in [-0.15, -0.1) is 0 Å². The zero-order chi connectivity index (χ0) is 17.2. The second-order valence-electron chi connectivity index (χ2n) is 6.11. The average molecular weight is 333 g/mol. The van der Waals surface area contributed by atoms with Crippen molar-refractivity contribution in [3.8, 4) is 5.75 Å². The van der Waals surface area contributed by atoms with Crippen LogP contribution in [0.25, 0.3) is 0 Å². The van der Waals surface area contributed by atoms with Gasteiger partial charge in [0.25, 0.3) is 0 Å². The zero-order valence-corrected chi connectivity index (χ0v) is 14.3. The Hall–Kier alpha value is -2.24. The maximum absolute atomic E-state index is 11.8. The molecule has 1 aliphatic rings. The van der Waals surface area contributed by atoms with Crippen molar-refractivity contribution in [1.29, 1.82) is 0 Å². The summed E-state index contributed by atoms with van der Waals surface area (Å²) in [6.07, 6.45) is 5.98. The van der Waals surface area contributed by atoms with E-state index in [0.29, 0.717) is 13.1 Å². The van der Waals surface area contributed by atoms with Crippen LogP contribution in [-0.4, -0.2) is 31.6 Å². The van der Waals surface area contributed by atoms with E-state index in [4.69, 9.17) is 4.74 Å². The van der Waals surface area contributed by atoms with Gasteiger partial charge >= 0.3 is 6.03 Å². The summed E-state index contributed by atoms with van der Waals surface area (Å²) in [5, 5.41) is 8.55. The lowest BCUT2D eigenvalue weighted by atomic mass is 9.96. The molecule has 1 aromatic carbocycles. The van der Waals surface area contributed by atoms with Crippen LogP contribution in [0, 0.1) is 0 Å². The van der Waals surface area contributed by atoms with Crippen LogP contribution < -0.4 is 20.7 Å². The third kappa shape index (κ3) is 6.48. The number of carbonyl (C=O) groups excluding carboxylic acids is 2. The molecule has 1 aromatic rings. The molecule has 1 aliphatic carbocycles. The van der Waals surface area contributed by atoms with Crippen molar-refractivity contribution in [2.75, 3.05) is 13.7 Å². The van der Waals surface area contributed by atoms with Gasteiger partial charge in [-0.25, -0.2) is 4.79 Å². The maximum Gasteiger partial charge on any atom is 0.315 e. The Bertz CT molecular complexity index is 542. The highest BCUT2D eigenvalue weighted by molar-refractivity contribution is 5.78. The van der Waals surface area contributed by atoms with Crippen molar-refractivity contribution in [2.45, 2.75) is 51.1 Å². The summed E-state index contributed by atoms with van der Waals surface area (Å²) in [4.78, 5) is 23.6. The fourth-order valence-corrected chi connectivity index (χ4v) is 2.84. The Morgan fingerprint density at radius 2 is 1.96 bits per heavy atom. The first-order chi connectivity index (χ1) is 11.7. The number of urea groups is 1. The SMILES string of the molecule is COc1cccc(CNC(=O)CCNC(=O)NC2CCCCC2)c1. The van der Waals surface area contributed by atoms with Crippen LogP contribution in [0.15, 0.2) is 24.3 Å². The smallest absolute Gasteiger partial charge is 0.315 e. The van der Waals surface area contributed by atoms with Gasteiger partial charge in [0.2, 0.25) is 5.91 Å². The van der Waals surface area contributed by atoms with Gasteiger partial charge in [0.1, 0.15) is 5.75 Å². The van der Waals surface area contributed by atoms with Crippen molar-refractivity contribution >= 4 is 11.9 Å². The van der Waals surface area contributed by atoms with Gasteiger partial charge < -0.3 is 20.7 Å². The normalized spacial score (nSPS) is 14.7. The number of amides is 3. The molecule has 6 heteroatoms. The van der Waals surface area contributed by atoms with E-state index in [9.17, 15) is 9.59 Å². The zero-order valence-electron chi connectivity index (χ0n) is 14.3. The van der Waals surface area contributed by atoms with Gasteiger partial charge in [-0.1, -0.05) is 31.4 Å². The molecule has 0 spiro atoms. The molecule has 0 aromatic heterocycles. The average Bonchev–Trinajstić information content (AvgIpc) is 2.61. The van der Waals surface area contributed by atoms with Gasteiger partial charge in [-0.2, -0.15) is 0 Å². The highest BCUT2D eigenvalue weighted by Crippen LogP contribution is 2.17. The Kier molecular flexibility index (Phi) is 7.39. The molecule has 1 saturated carbocycles. The van der Waals surface area contributed by atoms with Crippen LogP contribution in [-0.2, 0) is 11.3 Å². The first-order valence-electron chi connectivity index (χ1n) is 8.61. The molecule has 3 N–H and O–H groups in total. The maximum atomic E-state index is 11.8. The summed E-state index contributed by atoms with van der Waals surface area (Å²) in [6, 6.07) is 7.66. The summed E-state index contributed by atoms with van der Waals surface area (Å²) in [5.41, 5.74) is 0.978. The minimum atomic E-state index is -0.178. The van der Waals surface area contributed by atoms with Gasteiger partial charge in [0.05, 0.1) is 7.11 Å². The van der Waals surface area contributed by atoms with Crippen molar-refractivity contribution in [2.24, 2.45) is 0 Å². The number of benzene rings is 1. The largest absolute Gasteiger partial charge is 0.497 e. The van der Waals surface area contributed by atoms with Crippen molar-refractivity contribution in [3.05, 3.63) is 29.8 Å². The number of hydrogen-bond donors (Lipinski definition) is 3. The van der Waals surface area contributed by atoms with E-state index in [2.05, 4.69) is 16.0 Å². The summed E-state index contributed by atoms with van der Waals surface area (Å²) < 4.78 is 5.15. The second-order valence-corrected chi connectivity index (χ2v) is 6.11. The molecule has 0 unspecified atom stereocenters. The molecule has 6 nitrogen and oxygen atoms in total. The fraction of sp³-hybridized carbons (Fsp3) is 0.556. The summed E-state index contributed by atoms with van der Waals surface area (Å²) in [7, 11) is 1.61.